The fourth-order valence-electron chi connectivity index (χ4n) is 3.45. The molecule has 7 heteroatoms. The molecule has 0 spiro atoms. The number of methoxy groups -OCH3 is 1. The van der Waals surface area contributed by atoms with Gasteiger partial charge < -0.3 is 25.3 Å². The lowest BCUT2D eigenvalue weighted by molar-refractivity contribution is 0.100. The van der Waals surface area contributed by atoms with Crippen molar-refractivity contribution in [3.05, 3.63) is 17.7 Å². The number of benzene rings is 1. The molecule has 1 aromatic carbocycles. The number of carbonyl (C=O) groups excluding carboxylic acids is 1. The Morgan fingerprint density at radius 1 is 1.46 bits per heavy atom. The van der Waals surface area contributed by atoms with Gasteiger partial charge in [-0.2, -0.15) is 0 Å². The number of amides is 1. The first kappa shape index (κ1) is 16.6. The van der Waals surface area contributed by atoms with Crippen LogP contribution in [0.1, 0.15) is 23.7 Å². The second-order valence-electron chi connectivity index (χ2n) is 6.42. The summed E-state index contributed by atoms with van der Waals surface area (Å²) in [6.07, 6.45) is 0.929. The van der Waals surface area contributed by atoms with Gasteiger partial charge >= 0.3 is 0 Å². The van der Waals surface area contributed by atoms with E-state index in [1.807, 2.05) is 13.1 Å². The molecule has 1 amide bonds. The Balaban J connectivity index is 2.16. The molecule has 0 radical (unpaired) electrons. The van der Waals surface area contributed by atoms with Crippen molar-refractivity contribution in [2.24, 2.45) is 11.7 Å². The Morgan fingerprint density at radius 2 is 2.25 bits per heavy atom. The lowest BCUT2D eigenvalue weighted by Gasteiger charge is -2.26. The highest BCUT2D eigenvalue weighted by atomic mass is 16.5. The number of imidazole rings is 1. The van der Waals surface area contributed by atoms with Crippen LogP contribution in [0.25, 0.3) is 11.0 Å². The summed E-state index contributed by atoms with van der Waals surface area (Å²) in [5, 5.41) is 3.16. The van der Waals surface area contributed by atoms with Gasteiger partial charge in [0.15, 0.2) is 0 Å². The number of rotatable bonds is 6. The quantitative estimate of drug-likeness (QED) is 0.787. The molecule has 1 atom stereocenters. The number of primary amides is 1. The van der Waals surface area contributed by atoms with Crippen LogP contribution in [0.5, 0.6) is 0 Å². The summed E-state index contributed by atoms with van der Waals surface area (Å²) < 4.78 is 7.39. The number of aromatic nitrogens is 2. The molecule has 0 fully saturated rings. The lowest BCUT2D eigenvalue weighted by Crippen LogP contribution is -2.30. The van der Waals surface area contributed by atoms with Gasteiger partial charge in [-0.1, -0.05) is 6.92 Å². The second-order valence-corrected chi connectivity index (χ2v) is 6.42. The Hall–Kier alpha value is -2.28. The molecule has 1 aromatic heterocycles. The molecule has 1 aliphatic heterocycles. The summed E-state index contributed by atoms with van der Waals surface area (Å²) in [7, 11) is 3.58. The molecule has 24 heavy (non-hydrogen) atoms. The first-order chi connectivity index (χ1) is 11.5. The first-order valence-corrected chi connectivity index (χ1v) is 8.30. The number of nitrogens with one attached hydrogen (secondary N) is 1. The van der Waals surface area contributed by atoms with Crippen molar-refractivity contribution in [2.75, 3.05) is 44.1 Å². The van der Waals surface area contributed by atoms with Gasteiger partial charge in [0.2, 0.25) is 11.9 Å². The average molecular weight is 331 g/mol. The smallest absolute Gasteiger partial charge is 0.248 e. The molecule has 0 bridgehead atoms. The zero-order valence-corrected chi connectivity index (χ0v) is 14.5. The van der Waals surface area contributed by atoms with E-state index in [1.165, 1.54) is 0 Å². The summed E-state index contributed by atoms with van der Waals surface area (Å²) in [4.78, 5) is 18.7. The summed E-state index contributed by atoms with van der Waals surface area (Å²) in [5.74, 6) is 0.850. The predicted octanol–water partition coefficient (Wildman–Crippen LogP) is 1.67. The van der Waals surface area contributed by atoms with Crippen LogP contribution in [0.15, 0.2) is 12.1 Å². The molecule has 0 aliphatic carbocycles. The summed E-state index contributed by atoms with van der Waals surface area (Å²) in [6.45, 7) is 5.62. The second kappa shape index (κ2) is 6.68. The van der Waals surface area contributed by atoms with E-state index in [9.17, 15) is 4.79 Å². The van der Waals surface area contributed by atoms with Gasteiger partial charge in [0.1, 0.15) is 0 Å². The summed E-state index contributed by atoms with van der Waals surface area (Å²) in [5.41, 5.74) is 8.91. The highest BCUT2D eigenvalue weighted by Gasteiger charge is 2.25. The molecule has 7 nitrogen and oxygen atoms in total. The van der Waals surface area contributed by atoms with E-state index in [0.29, 0.717) is 18.1 Å². The van der Waals surface area contributed by atoms with Crippen LogP contribution in [0.4, 0.5) is 11.6 Å². The minimum absolute atomic E-state index is 0.428. The number of hydrogen-bond acceptors (Lipinski definition) is 5. The van der Waals surface area contributed by atoms with Gasteiger partial charge in [-0.3, -0.25) is 4.79 Å². The first-order valence-electron chi connectivity index (χ1n) is 8.30. The fraction of sp³-hybridized carbons (Fsp3) is 0.529. The van der Waals surface area contributed by atoms with Gasteiger partial charge in [0, 0.05) is 46.0 Å². The van der Waals surface area contributed by atoms with Crippen LogP contribution in [0.3, 0.4) is 0 Å². The topological polar surface area (TPSA) is 85.4 Å². The largest absolute Gasteiger partial charge is 0.385 e. The molecular formula is C17H25N5O2. The van der Waals surface area contributed by atoms with E-state index < -0.39 is 5.91 Å². The summed E-state index contributed by atoms with van der Waals surface area (Å²) in [6, 6.07) is 3.68. The third-order valence-electron chi connectivity index (χ3n) is 4.47. The van der Waals surface area contributed by atoms with Crippen LogP contribution < -0.4 is 16.0 Å². The van der Waals surface area contributed by atoms with Crippen molar-refractivity contribution in [2.45, 2.75) is 19.9 Å². The van der Waals surface area contributed by atoms with E-state index in [0.717, 1.165) is 48.7 Å². The molecule has 0 saturated heterocycles. The monoisotopic (exact) mass is 331 g/mol. The molecule has 0 saturated carbocycles. The van der Waals surface area contributed by atoms with E-state index in [2.05, 4.69) is 26.7 Å². The molecule has 2 heterocycles. The van der Waals surface area contributed by atoms with Gasteiger partial charge in [-0.15, -0.1) is 0 Å². The molecule has 1 unspecified atom stereocenters. The van der Waals surface area contributed by atoms with Gasteiger partial charge in [0.25, 0.3) is 0 Å². The highest BCUT2D eigenvalue weighted by Crippen LogP contribution is 2.35. The van der Waals surface area contributed by atoms with Crippen LogP contribution >= 0.6 is 0 Å². The van der Waals surface area contributed by atoms with Gasteiger partial charge in [-0.25, -0.2) is 4.98 Å². The predicted molar refractivity (Wildman–Crippen MR) is 95.7 cm³/mol. The highest BCUT2D eigenvalue weighted by molar-refractivity contribution is 6.01. The van der Waals surface area contributed by atoms with E-state index >= 15 is 0 Å². The number of nitrogens with two attached hydrogens (primary N) is 1. The number of anilines is 2. The molecular weight excluding hydrogens is 306 g/mol. The maximum Gasteiger partial charge on any atom is 0.248 e. The Kier molecular flexibility index (Phi) is 4.62. The van der Waals surface area contributed by atoms with Crippen LogP contribution in [-0.2, 0) is 11.3 Å². The molecule has 2 aromatic rings. The zero-order chi connectivity index (χ0) is 17.3. The van der Waals surface area contributed by atoms with Crippen LogP contribution in [0.2, 0.25) is 0 Å². The Morgan fingerprint density at radius 3 is 2.92 bits per heavy atom. The van der Waals surface area contributed by atoms with Crippen molar-refractivity contribution in [3.63, 3.8) is 0 Å². The van der Waals surface area contributed by atoms with Gasteiger partial charge in [0.05, 0.1) is 16.7 Å². The zero-order valence-electron chi connectivity index (χ0n) is 14.5. The SMILES string of the molecule is CNc1nc2cc(C(N)=O)cc3c2n1CC(C)CN3CCCOC. The minimum atomic E-state index is -0.428. The van der Waals surface area contributed by atoms with Crippen molar-refractivity contribution < 1.29 is 9.53 Å². The van der Waals surface area contributed by atoms with Gasteiger partial charge in [-0.05, 0) is 24.5 Å². The lowest BCUT2D eigenvalue weighted by atomic mass is 10.1. The summed E-state index contributed by atoms with van der Waals surface area (Å²) >= 11 is 0. The van der Waals surface area contributed by atoms with Crippen molar-refractivity contribution >= 4 is 28.6 Å². The Labute approximate surface area is 141 Å². The Bertz CT molecular complexity index is 755. The third-order valence-corrected chi connectivity index (χ3v) is 4.47. The number of ether oxygens (including phenoxy) is 1. The average Bonchev–Trinajstić information content (AvgIpc) is 2.83. The maximum absolute atomic E-state index is 11.7. The van der Waals surface area contributed by atoms with Crippen molar-refractivity contribution in [1.29, 1.82) is 0 Å². The van der Waals surface area contributed by atoms with Crippen LogP contribution in [0, 0.1) is 5.92 Å². The van der Waals surface area contributed by atoms with E-state index in [-0.39, 0.29) is 0 Å². The normalized spacial score (nSPS) is 17.1. The fourth-order valence-corrected chi connectivity index (χ4v) is 3.45. The molecule has 3 N–H and O–H groups in total. The van der Waals surface area contributed by atoms with E-state index in [4.69, 9.17) is 10.5 Å². The number of carbonyl (C=O) groups is 1. The van der Waals surface area contributed by atoms with Crippen LogP contribution in [-0.4, -0.2) is 49.3 Å². The number of hydrogen-bond donors (Lipinski definition) is 2. The number of nitrogens with zero attached hydrogens (tertiary/aromatic N) is 3. The minimum Gasteiger partial charge on any atom is -0.385 e. The van der Waals surface area contributed by atoms with E-state index in [1.54, 1.807) is 13.2 Å². The molecule has 130 valence electrons. The maximum atomic E-state index is 11.7. The molecule has 1 aliphatic rings. The third kappa shape index (κ3) is 2.91. The standard InChI is InChI=1S/C17H25N5O2/c1-11-9-21(5-4-6-24-3)14-8-12(16(18)23)7-13-15(14)22(10-11)17(19-2)20-13/h7-8,11H,4-6,9-10H2,1-3H3,(H2,18,23)(H,19,20). The van der Waals surface area contributed by atoms with Crippen molar-refractivity contribution in [1.82, 2.24) is 9.55 Å². The molecule has 3 rings (SSSR count). The van der Waals surface area contributed by atoms with Crippen molar-refractivity contribution in [3.8, 4) is 0 Å².